The van der Waals surface area contributed by atoms with Crippen molar-refractivity contribution in [2.24, 2.45) is 5.92 Å². The van der Waals surface area contributed by atoms with Crippen molar-refractivity contribution in [2.75, 3.05) is 43.9 Å². The minimum atomic E-state index is 0.527. The van der Waals surface area contributed by atoms with Gasteiger partial charge < -0.3 is 15.1 Å². The summed E-state index contributed by atoms with van der Waals surface area (Å²) in [7, 11) is 4.33. The third-order valence-corrected chi connectivity index (χ3v) is 6.27. The van der Waals surface area contributed by atoms with E-state index in [9.17, 15) is 0 Å². The predicted molar refractivity (Wildman–Crippen MR) is 116 cm³/mol. The first-order valence-electron chi connectivity index (χ1n) is 11.0. The third kappa shape index (κ3) is 4.72. The van der Waals surface area contributed by atoms with Crippen LogP contribution in [0, 0.1) is 5.92 Å². The average Bonchev–Trinajstić information content (AvgIpc) is 2.97. The standard InChI is InChI=1S/C22H34N6/c1-27(2)15-17-9-11-28(12-10-17)21-13-19-20(14-23-21)24-16-25-22(19)26-18-7-5-3-4-6-8-18/h13-14,16-18H,3-12,15H2,1-2H3,(H,24,25,26). The van der Waals surface area contributed by atoms with Crippen LogP contribution >= 0.6 is 0 Å². The van der Waals surface area contributed by atoms with E-state index in [0.717, 1.165) is 41.5 Å². The summed E-state index contributed by atoms with van der Waals surface area (Å²) in [5.41, 5.74) is 0.928. The lowest BCUT2D eigenvalue weighted by Crippen LogP contribution is -2.37. The molecular formula is C22H34N6. The molecule has 3 heterocycles. The first kappa shape index (κ1) is 19.4. The Morgan fingerprint density at radius 2 is 1.75 bits per heavy atom. The maximum absolute atomic E-state index is 4.72. The molecule has 2 fully saturated rings. The Kier molecular flexibility index (Phi) is 6.25. The molecule has 1 aliphatic heterocycles. The molecule has 2 aliphatic rings. The summed E-state index contributed by atoms with van der Waals surface area (Å²) in [5.74, 6) is 2.83. The molecule has 152 valence electrons. The lowest BCUT2D eigenvalue weighted by Gasteiger charge is -2.34. The van der Waals surface area contributed by atoms with Crippen molar-refractivity contribution < 1.29 is 0 Å². The molecule has 1 saturated heterocycles. The molecule has 2 aromatic rings. The van der Waals surface area contributed by atoms with E-state index in [1.165, 1.54) is 57.9 Å². The number of pyridine rings is 1. The van der Waals surface area contributed by atoms with Crippen LogP contribution in [0.1, 0.15) is 51.4 Å². The number of anilines is 2. The summed E-state index contributed by atoms with van der Waals surface area (Å²) in [6.45, 7) is 3.34. The second-order valence-electron chi connectivity index (χ2n) is 8.81. The molecule has 28 heavy (non-hydrogen) atoms. The van der Waals surface area contributed by atoms with Gasteiger partial charge in [-0.1, -0.05) is 25.7 Å². The van der Waals surface area contributed by atoms with Crippen LogP contribution in [0.25, 0.3) is 10.9 Å². The highest BCUT2D eigenvalue weighted by molar-refractivity contribution is 5.90. The number of rotatable bonds is 5. The van der Waals surface area contributed by atoms with Gasteiger partial charge in [-0.3, -0.25) is 0 Å². The smallest absolute Gasteiger partial charge is 0.137 e. The van der Waals surface area contributed by atoms with Gasteiger partial charge in [0.05, 0.1) is 11.7 Å². The van der Waals surface area contributed by atoms with Crippen LogP contribution < -0.4 is 10.2 Å². The molecule has 1 aliphatic carbocycles. The number of aromatic nitrogens is 3. The zero-order valence-corrected chi connectivity index (χ0v) is 17.4. The number of nitrogens with one attached hydrogen (secondary N) is 1. The fraction of sp³-hybridized carbons (Fsp3) is 0.682. The molecule has 0 radical (unpaired) electrons. The van der Waals surface area contributed by atoms with Crippen LogP contribution in [0.3, 0.4) is 0 Å². The monoisotopic (exact) mass is 382 g/mol. The summed E-state index contributed by atoms with van der Waals surface area (Å²) in [6, 6.07) is 2.72. The van der Waals surface area contributed by atoms with Gasteiger partial charge in [0.2, 0.25) is 0 Å². The number of piperidine rings is 1. The molecule has 0 amide bonds. The first-order chi connectivity index (χ1) is 13.7. The predicted octanol–water partition coefficient (Wildman–Crippen LogP) is 3.94. The first-order valence-corrected chi connectivity index (χ1v) is 11.0. The van der Waals surface area contributed by atoms with E-state index < -0.39 is 0 Å². The minimum Gasteiger partial charge on any atom is -0.367 e. The summed E-state index contributed by atoms with van der Waals surface area (Å²) in [6.07, 6.45) is 13.9. The molecular weight excluding hydrogens is 348 g/mol. The molecule has 6 nitrogen and oxygen atoms in total. The van der Waals surface area contributed by atoms with Gasteiger partial charge >= 0.3 is 0 Å². The van der Waals surface area contributed by atoms with Crippen molar-refractivity contribution in [3.63, 3.8) is 0 Å². The fourth-order valence-electron chi connectivity index (χ4n) is 4.71. The normalized spacial score (nSPS) is 19.9. The van der Waals surface area contributed by atoms with E-state index in [1.54, 1.807) is 6.33 Å². The summed E-state index contributed by atoms with van der Waals surface area (Å²) in [5, 5.41) is 4.82. The second kappa shape index (κ2) is 9.03. The van der Waals surface area contributed by atoms with Gasteiger partial charge in [0, 0.05) is 31.1 Å². The number of hydrogen-bond donors (Lipinski definition) is 1. The van der Waals surface area contributed by atoms with E-state index in [2.05, 4.69) is 45.2 Å². The second-order valence-corrected chi connectivity index (χ2v) is 8.81. The number of hydrogen-bond acceptors (Lipinski definition) is 6. The molecule has 0 atom stereocenters. The zero-order valence-electron chi connectivity index (χ0n) is 17.4. The Hall–Kier alpha value is -1.95. The van der Waals surface area contributed by atoms with E-state index in [0.29, 0.717) is 6.04 Å². The molecule has 0 spiro atoms. The molecule has 4 rings (SSSR count). The van der Waals surface area contributed by atoms with Crippen LogP contribution in [-0.4, -0.2) is 59.6 Å². The molecule has 0 unspecified atom stereocenters. The van der Waals surface area contributed by atoms with E-state index in [4.69, 9.17) is 4.98 Å². The SMILES string of the molecule is CN(C)CC1CCN(c2cc3c(NC4CCCCCC4)ncnc3cn2)CC1. The van der Waals surface area contributed by atoms with Gasteiger partial charge in [-0.15, -0.1) is 0 Å². The Morgan fingerprint density at radius 1 is 1.00 bits per heavy atom. The summed E-state index contributed by atoms with van der Waals surface area (Å²) in [4.78, 5) is 18.5. The van der Waals surface area contributed by atoms with Gasteiger partial charge in [-0.2, -0.15) is 0 Å². The maximum Gasteiger partial charge on any atom is 0.137 e. The van der Waals surface area contributed by atoms with Crippen molar-refractivity contribution in [1.29, 1.82) is 0 Å². The minimum absolute atomic E-state index is 0.527. The quantitative estimate of drug-likeness (QED) is 0.791. The highest BCUT2D eigenvalue weighted by Crippen LogP contribution is 2.28. The fourth-order valence-corrected chi connectivity index (χ4v) is 4.71. The van der Waals surface area contributed by atoms with Crippen molar-refractivity contribution in [2.45, 2.75) is 57.4 Å². The van der Waals surface area contributed by atoms with Gasteiger partial charge in [0.25, 0.3) is 0 Å². The van der Waals surface area contributed by atoms with Crippen molar-refractivity contribution in [3.05, 3.63) is 18.6 Å². The molecule has 1 N–H and O–H groups in total. The van der Waals surface area contributed by atoms with Gasteiger partial charge in [0.1, 0.15) is 18.0 Å². The van der Waals surface area contributed by atoms with E-state index in [-0.39, 0.29) is 0 Å². The Labute approximate surface area is 168 Å². The Morgan fingerprint density at radius 3 is 2.46 bits per heavy atom. The Balaban J connectivity index is 1.50. The number of nitrogens with zero attached hydrogens (tertiary/aromatic N) is 5. The maximum atomic E-state index is 4.72. The Bertz CT molecular complexity index is 761. The molecule has 0 bridgehead atoms. The van der Waals surface area contributed by atoms with E-state index >= 15 is 0 Å². The highest BCUT2D eigenvalue weighted by Gasteiger charge is 2.21. The van der Waals surface area contributed by atoms with Crippen LogP contribution in [0.2, 0.25) is 0 Å². The van der Waals surface area contributed by atoms with Crippen LogP contribution in [0.15, 0.2) is 18.6 Å². The lowest BCUT2D eigenvalue weighted by molar-refractivity contribution is 0.284. The summed E-state index contributed by atoms with van der Waals surface area (Å²) < 4.78 is 0. The number of fused-ring (bicyclic) bond motifs is 1. The average molecular weight is 383 g/mol. The van der Waals surface area contributed by atoms with Crippen molar-refractivity contribution in [3.8, 4) is 0 Å². The van der Waals surface area contributed by atoms with Crippen LogP contribution in [0.4, 0.5) is 11.6 Å². The van der Waals surface area contributed by atoms with Gasteiger partial charge in [-0.05, 0) is 51.8 Å². The largest absolute Gasteiger partial charge is 0.367 e. The van der Waals surface area contributed by atoms with Crippen molar-refractivity contribution in [1.82, 2.24) is 19.9 Å². The van der Waals surface area contributed by atoms with Gasteiger partial charge in [0.15, 0.2) is 0 Å². The topological polar surface area (TPSA) is 57.2 Å². The van der Waals surface area contributed by atoms with E-state index in [1.807, 2.05) is 6.20 Å². The molecule has 2 aromatic heterocycles. The van der Waals surface area contributed by atoms with Gasteiger partial charge in [-0.25, -0.2) is 15.0 Å². The highest BCUT2D eigenvalue weighted by atomic mass is 15.2. The summed E-state index contributed by atoms with van der Waals surface area (Å²) >= 11 is 0. The van der Waals surface area contributed by atoms with Crippen LogP contribution in [0.5, 0.6) is 0 Å². The molecule has 1 saturated carbocycles. The zero-order chi connectivity index (χ0) is 19.3. The lowest BCUT2D eigenvalue weighted by atomic mass is 9.96. The van der Waals surface area contributed by atoms with Crippen LogP contribution in [-0.2, 0) is 0 Å². The van der Waals surface area contributed by atoms with Crippen molar-refractivity contribution >= 4 is 22.5 Å². The molecule has 6 heteroatoms. The molecule has 0 aromatic carbocycles. The third-order valence-electron chi connectivity index (χ3n) is 6.27.